The van der Waals surface area contributed by atoms with Gasteiger partial charge >= 0.3 is 11.9 Å². The standard InChI is InChI=1S/C28H47NO6.C28H45NO6/c2*1-18-20(15-23(32)35-27(2,3)4)26(33)29-16-21-24(28(21,5)6)25(29)22(31)14-19(17-30)12-10-8-7-9-11-13-34-18/h18-21,24-25,30H,7-17H2,1-6H3;17-21,24-25H,7-16H2,1-6H3/t2*18-,19+,20-,21-,24-,25+/m00/s1. The van der Waals surface area contributed by atoms with Crippen molar-refractivity contribution in [1.82, 2.24) is 9.80 Å². The van der Waals surface area contributed by atoms with Gasteiger partial charge in [0.1, 0.15) is 17.5 Å². The molecule has 70 heavy (non-hydrogen) atoms. The highest BCUT2D eigenvalue weighted by molar-refractivity contribution is 5.94. The lowest BCUT2D eigenvalue weighted by Gasteiger charge is -2.35. The van der Waals surface area contributed by atoms with Gasteiger partial charge in [-0.1, -0.05) is 79.1 Å². The number of nitrogens with zero attached hydrogens (tertiary/aromatic N) is 2. The molecule has 6 rings (SSSR count). The number of esters is 2. The molecule has 4 aliphatic heterocycles. The molecule has 0 spiro atoms. The Morgan fingerprint density at radius 3 is 1.41 bits per heavy atom. The number of rotatable bonds is 6. The molecular weight excluding hydrogens is 893 g/mol. The molecule has 0 radical (unpaired) electrons. The normalized spacial score (nSPS) is 34.7. The Bertz CT molecular complexity index is 1830. The quantitative estimate of drug-likeness (QED) is 0.198. The highest BCUT2D eigenvalue weighted by Crippen LogP contribution is 2.66. The molecule has 2 amide bonds. The molecule has 1 N–H and O–H groups in total. The summed E-state index contributed by atoms with van der Waals surface area (Å²) in [5.41, 5.74) is -1.27. The molecule has 4 saturated heterocycles. The van der Waals surface area contributed by atoms with Crippen molar-refractivity contribution in [3.8, 4) is 0 Å². The molecule has 6 fully saturated rings. The smallest absolute Gasteiger partial charge is 0.307 e. The van der Waals surface area contributed by atoms with Crippen LogP contribution in [0.3, 0.4) is 0 Å². The first-order valence-corrected chi connectivity index (χ1v) is 27.1. The van der Waals surface area contributed by atoms with Crippen molar-refractivity contribution in [2.45, 2.75) is 221 Å². The Morgan fingerprint density at radius 1 is 0.629 bits per heavy atom. The maximum Gasteiger partial charge on any atom is 0.307 e. The van der Waals surface area contributed by atoms with Gasteiger partial charge in [-0.25, -0.2) is 0 Å². The summed E-state index contributed by atoms with van der Waals surface area (Å²) < 4.78 is 23.2. The summed E-state index contributed by atoms with van der Waals surface area (Å²) in [7, 11) is 0. The van der Waals surface area contributed by atoms with E-state index in [1.165, 1.54) is 0 Å². The average Bonchev–Trinajstić information content (AvgIpc) is 3.71. The van der Waals surface area contributed by atoms with Crippen LogP contribution < -0.4 is 0 Å². The van der Waals surface area contributed by atoms with Crippen LogP contribution >= 0.6 is 0 Å². The molecule has 2 saturated carbocycles. The second kappa shape index (κ2) is 24.2. The zero-order chi connectivity index (χ0) is 51.9. The first-order valence-electron chi connectivity index (χ1n) is 27.1. The Labute approximate surface area is 420 Å². The van der Waals surface area contributed by atoms with Gasteiger partial charge in [-0.2, -0.15) is 0 Å². The number of ether oxygens (including phenoxy) is 4. The highest BCUT2D eigenvalue weighted by Gasteiger charge is 2.70. The lowest BCUT2D eigenvalue weighted by Crippen LogP contribution is -2.50. The van der Waals surface area contributed by atoms with E-state index in [1.807, 2.05) is 34.6 Å². The molecule has 14 nitrogen and oxygen atoms in total. The van der Waals surface area contributed by atoms with Crippen LogP contribution in [0.25, 0.3) is 0 Å². The molecule has 12 atom stereocenters. The summed E-state index contributed by atoms with van der Waals surface area (Å²) in [5.74, 6) is -2.21. The number of Topliss-reactive ketones (excluding diaryl/α,β-unsaturated/α-hetero) is 2. The Kier molecular flexibility index (Phi) is 19.9. The van der Waals surface area contributed by atoms with Gasteiger partial charge in [0, 0.05) is 51.7 Å². The van der Waals surface area contributed by atoms with Crippen LogP contribution in [-0.2, 0) is 52.5 Å². The van der Waals surface area contributed by atoms with Crippen LogP contribution in [0.4, 0.5) is 0 Å². The van der Waals surface area contributed by atoms with Crippen LogP contribution in [0.15, 0.2) is 0 Å². The Morgan fingerprint density at radius 2 is 1.01 bits per heavy atom. The van der Waals surface area contributed by atoms with E-state index in [-0.39, 0.29) is 95.6 Å². The van der Waals surface area contributed by atoms with Crippen LogP contribution in [0.5, 0.6) is 0 Å². The molecule has 0 unspecified atom stereocenters. The van der Waals surface area contributed by atoms with E-state index in [9.17, 15) is 38.7 Å². The van der Waals surface area contributed by atoms with Gasteiger partial charge in [-0.3, -0.25) is 28.8 Å². The van der Waals surface area contributed by atoms with Crippen molar-refractivity contribution >= 4 is 41.6 Å². The topological polar surface area (TPSA) is 183 Å². The number of carbonyl (C=O) groups excluding carboxylic acids is 7. The van der Waals surface area contributed by atoms with Crippen LogP contribution in [-0.4, -0.2) is 125 Å². The van der Waals surface area contributed by atoms with Gasteiger partial charge in [-0.15, -0.1) is 0 Å². The van der Waals surface area contributed by atoms with E-state index in [0.29, 0.717) is 39.1 Å². The summed E-state index contributed by atoms with van der Waals surface area (Å²) in [6, 6.07) is -1.02. The third kappa shape index (κ3) is 14.9. The van der Waals surface area contributed by atoms with Crippen molar-refractivity contribution in [2.75, 3.05) is 32.9 Å². The van der Waals surface area contributed by atoms with Crippen LogP contribution in [0, 0.1) is 58.2 Å². The number of aliphatic hydroxyl groups excluding tert-OH is 1. The fourth-order valence-corrected chi connectivity index (χ4v) is 12.4. The van der Waals surface area contributed by atoms with E-state index in [0.717, 1.165) is 76.9 Å². The molecule has 0 aromatic heterocycles. The molecule has 398 valence electrons. The molecule has 0 aromatic rings. The second-order valence-electron chi connectivity index (χ2n) is 25.1. The van der Waals surface area contributed by atoms with Crippen molar-refractivity contribution in [2.24, 2.45) is 58.2 Å². The molecule has 2 aliphatic carbocycles. The average molecular weight is 985 g/mol. The van der Waals surface area contributed by atoms with E-state index < -0.39 is 59.3 Å². The highest BCUT2D eigenvalue weighted by atomic mass is 16.6. The molecule has 14 heteroatoms. The van der Waals surface area contributed by atoms with E-state index in [1.54, 1.807) is 30.6 Å². The number of hydrogen-bond acceptors (Lipinski definition) is 12. The van der Waals surface area contributed by atoms with Gasteiger partial charge in [0.15, 0.2) is 11.6 Å². The zero-order valence-electron chi connectivity index (χ0n) is 45.2. The third-order valence-corrected chi connectivity index (χ3v) is 16.7. The van der Waals surface area contributed by atoms with Gasteiger partial charge in [0.05, 0.1) is 49.0 Å². The second-order valence-corrected chi connectivity index (χ2v) is 25.1. The minimum atomic E-state index is -0.712. The van der Waals surface area contributed by atoms with Crippen molar-refractivity contribution in [3.63, 3.8) is 0 Å². The summed E-state index contributed by atoms with van der Waals surface area (Å²) in [6.45, 7) is 25.3. The Balaban J connectivity index is 0.000000261. The number of ketones is 2. The lowest BCUT2D eigenvalue weighted by molar-refractivity contribution is -0.162. The minimum absolute atomic E-state index is 0.00258. The number of fused-ring (bicyclic) bond motifs is 6. The largest absolute Gasteiger partial charge is 0.460 e. The maximum absolute atomic E-state index is 13.9. The predicted octanol–water partition coefficient (Wildman–Crippen LogP) is 8.50. The summed E-state index contributed by atoms with van der Waals surface area (Å²) >= 11 is 0. The van der Waals surface area contributed by atoms with Crippen molar-refractivity contribution in [1.29, 1.82) is 0 Å². The number of hydrogen-bond donors (Lipinski definition) is 1. The summed E-state index contributed by atoms with van der Waals surface area (Å²) in [4.78, 5) is 95.7. The molecule has 0 aromatic carbocycles. The number of carbonyl (C=O) groups is 7. The van der Waals surface area contributed by atoms with E-state index in [2.05, 4.69) is 27.7 Å². The monoisotopic (exact) mass is 985 g/mol. The summed E-state index contributed by atoms with van der Waals surface area (Å²) in [6.07, 6.45) is 11.9. The minimum Gasteiger partial charge on any atom is -0.460 e. The van der Waals surface area contributed by atoms with Crippen molar-refractivity contribution in [3.05, 3.63) is 0 Å². The number of piperidine rings is 2. The first kappa shape index (κ1) is 57.7. The number of amides is 2. The molecule has 6 aliphatic rings. The molecule has 4 heterocycles. The fourth-order valence-electron chi connectivity index (χ4n) is 12.4. The van der Waals surface area contributed by atoms with Crippen LogP contribution in [0.1, 0.15) is 186 Å². The van der Waals surface area contributed by atoms with Crippen molar-refractivity contribution < 1.29 is 57.6 Å². The lowest BCUT2D eigenvalue weighted by atomic mass is 9.89. The molecular formula is C56H92N2O12. The van der Waals surface area contributed by atoms with E-state index >= 15 is 0 Å². The number of aldehydes is 1. The SMILES string of the molecule is C[C@@H]1OCCCCCCC[C@@H](C=O)CC(=O)[C@@H]2[C@@H]3[C@H](CN2C(=O)[C@H]1CC(=O)OC(C)(C)C)C3(C)C.C[C@@H]1OCCCCCCC[C@@H](CO)CC(=O)[C@@H]2[C@@H]3[C@H](CN2C(=O)[C@H]1CC(=O)OC(C)(C)C)C3(C)C. The maximum atomic E-state index is 13.9. The van der Waals surface area contributed by atoms with Gasteiger partial charge < -0.3 is 38.6 Å². The van der Waals surface area contributed by atoms with Gasteiger partial charge in [0.2, 0.25) is 11.8 Å². The first-order chi connectivity index (χ1) is 32.7. The van der Waals surface area contributed by atoms with Crippen LogP contribution in [0.2, 0.25) is 0 Å². The Hall–Kier alpha value is -3.23. The number of aliphatic hydroxyl groups is 1. The van der Waals surface area contributed by atoms with Gasteiger partial charge in [0.25, 0.3) is 0 Å². The predicted molar refractivity (Wildman–Crippen MR) is 266 cm³/mol. The fraction of sp³-hybridized carbons (Fsp3) is 0.875. The van der Waals surface area contributed by atoms with E-state index in [4.69, 9.17) is 18.9 Å². The third-order valence-electron chi connectivity index (χ3n) is 16.7. The summed E-state index contributed by atoms with van der Waals surface area (Å²) in [5, 5.41) is 9.94. The zero-order valence-corrected chi connectivity index (χ0v) is 45.2. The van der Waals surface area contributed by atoms with Gasteiger partial charge in [-0.05, 0) is 121 Å². The molecule has 0 bridgehead atoms.